The fraction of sp³-hybridized carbons (Fsp3) is 0.304. The average molecular weight is 424 g/mol. The van der Waals surface area contributed by atoms with E-state index in [1.54, 1.807) is 0 Å². The first-order chi connectivity index (χ1) is 15.0. The number of alkyl carbamates (subject to hydrolysis) is 1. The van der Waals surface area contributed by atoms with E-state index in [-0.39, 0.29) is 19.8 Å². The maximum absolute atomic E-state index is 12.4. The molecule has 1 amide bonds. The van der Waals surface area contributed by atoms with Crippen LogP contribution in [-0.2, 0) is 32.3 Å². The molecular formula is C23H26N3O5. The second-order valence-electron chi connectivity index (χ2n) is 7.21. The maximum atomic E-state index is 12.4. The largest absolute Gasteiger partial charge is 0.460 e. The van der Waals surface area contributed by atoms with E-state index in [0.717, 1.165) is 11.1 Å². The van der Waals surface area contributed by atoms with E-state index >= 15 is 0 Å². The molecule has 3 N–H and O–H groups in total. The van der Waals surface area contributed by atoms with Crippen LogP contribution in [0.3, 0.4) is 0 Å². The van der Waals surface area contributed by atoms with Crippen LogP contribution in [0.25, 0.3) is 0 Å². The van der Waals surface area contributed by atoms with Crippen molar-refractivity contribution in [1.29, 1.82) is 0 Å². The van der Waals surface area contributed by atoms with Gasteiger partial charge in [-0.1, -0.05) is 60.7 Å². The summed E-state index contributed by atoms with van der Waals surface area (Å²) in [6, 6.07) is 18.0. The van der Waals surface area contributed by atoms with E-state index < -0.39 is 29.6 Å². The van der Waals surface area contributed by atoms with Crippen LogP contribution in [0.5, 0.6) is 0 Å². The van der Waals surface area contributed by atoms with Gasteiger partial charge in [-0.05, 0) is 24.1 Å². The molecule has 2 aromatic carbocycles. The Morgan fingerprint density at radius 3 is 2.13 bits per heavy atom. The summed E-state index contributed by atoms with van der Waals surface area (Å²) in [5.74, 6) is -0.996. The summed E-state index contributed by atoms with van der Waals surface area (Å²) in [6.07, 6.45) is -0.250. The Morgan fingerprint density at radius 2 is 1.55 bits per heavy atom. The molecule has 1 fully saturated rings. The first-order valence-corrected chi connectivity index (χ1v) is 10.0. The molecule has 8 heteroatoms. The van der Waals surface area contributed by atoms with Gasteiger partial charge < -0.3 is 14.8 Å². The number of ether oxygens (including phenoxy) is 2. The SMILES string of the molecule is [CH2]C(=O)[C@]1(NC(=O)OCc2ccccc2)NCCC1NCC(=O)OCc1ccccc1. The monoisotopic (exact) mass is 424 g/mol. The lowest BCUT2D eigenvalue weighted by molar-refractivity contribution is -0.144. The lowest BCUT2D eigenvalue weighted by atomic mass is 9.97. The summed E-state index contributed by atoms with van der Waals surface area (Å²) in [4.78, 5) is 36.8. The summed E-state index contributed by atoms with van der Waals surface area (Å²) in [6.45, 7) is 4.06. The Morgan fingerprint density at radius 1 is 0.968 bits per heavy atom. The highest BCUT2D eigenvalue weighted by molar-refractivity contribution is 5.95. The van der Waals surface area contributed by atoms with E-state index in [0.29, 0.717) is 13.0 Å². The Hall–Kier alpha value is -3.23. The third kappa shape index (κ3) is 6.13. The van der Waals surface area contributed by atoms with Crippen molar-refractivity contribution in [2.45, 2.75) is 31.3 Å². The van der Waals surface area contributed by atoms with Crippen LogP contribution in [0.4, 0.5) is 4.79 Å². The molecule has 1 saturated heterocycles. The average Bonchev–Trinajstić information content (AvgIpc) is 3.20. The number of benzene rings is 2. The van der Waals surface area contributed by atoms with Gasteiger partial charge in [0.05, 0.1) is 12.6 Å². The molecule has 8 nitrogen and oxygen atoms in total. The predicted molar refractivity (Wildman–Crippen MR) is 114 cm³/mol. The van der Waals surface area contributed by atoms with Crippen molar-refractivity contribution in [2.75, 3.05) is 13.1 Å². The number of hydrogen-bond donors (Lipinski definition) is 3. The third-order valence-electron chi connectivity index (χ3n) is 5.05. The van der Waals surface area contributed by atoms with Crippen LogP contribution in [0.15, 0.2) is 60.7 Å². The minimum absolute atomic E-state index is 0.0675. The molecule has 2 atom stereocenters. The molecule has 31 heavy (non-hydrogen) atoms. The van der Waals surface area contributed by atoms with Gasteiger partial charge in [-0.2, -0.15) is 0 Å². The van der Waals surface area contributed by atoms with Gasteiger partial charge in [0, 0.05) is 6.92 Å². The molecule has 163 valence electrons. The molecule has 0 bridgehead atoms. The Kier molecular flexibility index (Phi) is 7.75. The molecule has 0 aliphatic carbocycles. The van der Waals surface area contributed by atoms with Crippen molar-refractivity contribution >= 4 is 17.8 Å². The minimum Gasteiger partial charge on any atom is -0.460 e. The Labute approximate surface area is 181 Å². The molecule has 0 spiro atoms. The number of esters is 1. The highest BCUT2D eigenvalue weighted by atomic mass is 16.5. The van der Waals surface area contributed by atoms with Crippen molar-refractivity contribution in [2.24, 2.45) is 0 Å². The van der Waals surface area contributed by atoms with Gasteiger partial charge in [0.25, 0.3) is 0 Å². The molecule has 1 aliphatic heterocycles. The minimum atomic E-state index is -1.46. The first kappa shape index (κ1) is 22.5. The summed E-state index contributed by atoms with van der Waals surface area (Å²) < 4.78 is 10.5. The van der Waals surface area contributed by atoms with Gasteiger partial charge in [-0.15, -0.1) is 0 Å². The molecule has 0 saturated carbocycles. The number of nitrogens with one attached hydrogen (secondary N) is 3. The molecule has 0 aromatic heterocycles. The first-order valence-electron chi connectivity index (χ1n) is 10.0. The van der Waals surface area contributed by atoms with E-state index in [2.05, 4.69) is 22.9 Å². The number of carbonyl (C=O) groups is 3. The van der Waals surface area contributed by atoms with Gasteiger partial charge in [0.1, 0.15) is 13.2 Å². The molecule has 3 rings (SSSR count). The number of hydrogen-bond acceptors (Lipinski definition) is 7. The standard InChI is InChI=1S/C23H26N3O5/c1-17(27)23(26-22(29)31-16-19-10-6-3-7-11-19)20(12-13-25-23)24-14-21(28)30-15-18-8-4-2-5-9-18/h2-11,20,24-25H,1,12-16H2,(H,26,29)/t20?,23-/m1/s1. The smallest absolute Gasteiger partial charge is 0.409 e. The summed E-state index contributed by atoms with van der Waals surface area (Å²) in [7, 11) is 0. The van der Waals surface area contributed by atoms with Gasteiger partial charge >= 0.3 is 12.1 Å². The highest BCUT2D eigenvalue weighted by Crippen LogP contribution is 2.19. The van der Waals surface area contributed by atoms with E-state index in [1.165, 1.54) is 0 Å². The third-order valence-corrected chi connectivity index (χ3v) is 5.05. The van der Waals surface area contributed by atoms with E-state index in [4.69, 9.17) is 9.47 Å². The highest BCUT2D eigenvalue weighted by Gasteiger charge is 2.48. The lowest BCUT2D eigenvalue weighted by Gasteiger charge is -2.33. The Balaban J connectivity index is 1.53. The summed E-state index contributed by atoms with van der Waals surface area (Å²) in [5, 5.41) is 8.59. The van der Waals surface area contributed by atoms with Crippen molar-refractivity contribution in [1.82, 2.24) is 16.0 Å². The second kappa shape index (κ2) is 10.7. The molecule has 1 aliphatic rings. The number of ketones is 1. The zero-order valence-electron chi connectivity index (χ0n) is 17.1. The fourth-order valence-electron chi connectivity index (χ4n) is 3.42. The maximum Gasteiger partial charge on any atom is 0.409 e. The lowest BCUT2D eigenvalue weighted by Crippen LogP contribution is -2.69. The fourth-order valence-corrected chi connectivity index (χ4v) is 3.42. The topological polar surface area (TPSA) is 106 Å². The number of amides is 1. The van der Waals surface area contributed by atoms with Gasteiger partial charge in [0.15, 0.2) is 11.4 Å². The molecule has 1 radical (unpaired) electrons. The summed E-state index contributed by atoms with van der Waals surface area (Å²) >= 11 is 0. The van der Waals surface area contributed by atoms with Crippen LogP contribution in [0, 0.1) is 6.92 Å². The van der Waals surface area contributed by atoms with Gasteiger partial charge in [-0.3, -0.25) is 20.2 Å². The van der Waals surface area contributed by atoms with Crippen LogP contribution in [-0.4, -0.2) is 42.6 Å². The van der Waals surface area contributed by atoms with Crippen molar-refractivity contribution in [3.63, 3.8) is 0 Å². The predicted octanol–water partition coefficient (Wildman–Crippen LogP) is 1.71. The van der Waals surface area contributed by atoms with Crippen molar-refractivity contribution in [3.8, 4) is 0 Å². The van der Waals surface area contributed by atoms with Gasteiger partial charge in [0.2, 0.25) is 0 Å². The van der Waals surface area contributed by atoms with Crippen LogP contribution in [0.2, 0.25) is 0 Å². The zero-order valence-corrected chi connectivity index (χ0v) is 17.1. The van der Waals surface area contributed by atoms with E-state index in [9.17, 15) is 14.4 Å². The quantitative estimate of drug-likeness (QED) is 0.526. The van der Waals surface area contributed by atoms with E-state index in [1.807, 2.05) is 60.7 Å². The normalized spacial score (nSPS) is 20.1. The Bertz CT molecular complexity index is 891. The van der Waals surface area contributed by atoms with Crippen molar-refractivity contribution in [3.05, 3.63) is 78.7 Å². The van der Waals surface area contributed by atoms with Crippen LogP contribution < -0.4 is 16.0 Å². The van der Waals surface area contributed by atoms with Crippen LogP contribution in [0.1, 0.15) is 17.5 Å². The molecule has 2 aromatic rings. The number of rotatable bonds is 9. The van der Waals surface area contributed by atoms with Crippen molar-refractivity contribution < 1.29 is 23.9 Å². The molecule has 1 unspecified atom stereocenters. The zero-order chi connectivity index (χ0) is 22.1. The number of carbonyl (C=O) groups excluding carboxylic acids is 3. The second-order valence-corrected chi connectivity index (χ2v) is 7.21. The number of Topliss-reactive ketones (excluding diaryl/α,β-unsaturated/α-hetero) is 1. The van der Waals surface area contributed by atoms with Crippen LogP contribution >= 0.6 is 0 Å². The summed E-state index contributed by atoms with van der Waals surface area (Å²) in [5.41, 5.74) is 0.236. The van der Waals surface area contributed by atoms with Gasteiger partial charge in [-0.25, -0.2) is 4.79 Å². The molecular weight excluding hydrogens is 398 g/mol. The molecule has 1 heterocycles.